The van der Waals surface area contributed by atoms with Crippen LogP contribution in [-0.4, -0.2) is 47.4 Å². The highest BCUT2D eigenvalue weighted by molar-refractivity contribution is 5.76. The number of carbonyl (C=O) groups excluding carboxylic acids is 2. The molecule has 1 amide bonds. The molecule has 316 valence electrons. The second-order valence-corrected chi connectivity index (χ2v) is 15.7. The van der Waals surface area contributed by atoms with Crippen molar-refractivity contribution in [3.05, 3.63) is 36.5 Å². The summed E-state index contributed by atoms with van der Waals surface area (Å²) in [6.07, 6.45) is 51.3. The van der Waals surface area contributed by atoms with Crippen molar-refractivity contribution >= 4 is 11.9 Å². The van der Waals surface area contributed by atoms with Gasteiger partial charge in [0.25, 0.3) is 0 Å². The highest BCUT2D eigenvalue weighted by Gasteiger charge is 2.18. The fourth-order valence-corrected chi connectivity index (χ4v) is 6.76. The molecule has 6 heteroatoms. The number of unbranched alkanes of at least 4 members (excludes halogenated alkanes) is 27. The maximum absolute atomic E-state index is 12.4. The smallest absolute Gasteiger partial charge is 0.305 e. The molecule has 0 bridgehead atoms. The molecule has 0 aromatic heterocycles. The predicted molar refractivity (Wildman–Crippen MR) is 232 cm³/mol. The summed E-state index contributed by atoms with van der Waals surface area (Å²) < 4.78 is 5.44. The lowest BCUT2D eigenvalue weighted by molar-refractivity contribution is -0.143. The number of nitrogens with one attached hydrogen (secondary N) is 1. The third kappa shape index (κ3) is 39.8. The summed E-state index contributed by atoms with van der Waals surface area (Å²) in [5.41, 5.74) is 0. The molecule has 0 spiro atoms. The minimum atomic E-state index is -0.851. The first-order valence-electron chi connectivity index (χ1n) is 23.3. The molecule has 2 atom stereocenters. The molecule has 0 rings (SSSR count). The minimum absolute atomic E-state index is 0.0227. The Balaban J connectivity index is 3.48. The van der Waals surface area contributed by atoms with Gasteiger partial charge in [-0.15, -0.1) is 0 Å². The number of carbonyl (C=O) groups is 2. The summed E-state index contributed by atoms with van der Waals surface area (Å²) in [6.45, 7) is 4.79. The summed E-state index contributed by atoms with van der Waals surface area (Å²) in [7, 11) is 0. The van der Waals surface area contributed by atoms with Gasteiger partial charge in [0.2, 0.25) is 5.91 Å². The van der Waals surface area contributed by atoms with E-state index in [1.165, 1.54) is 135 Å². The van der Waals surface area contributed by atoms with Crippen molar-refractivity contribution in [2.75, 3.05) is 13.2 Å². The Morgan fingerprint density at radius 2 is 0.944 bits per heavy atom. The Bertz CT molecular complexity index is 884. The van der Waals surface area contributed by atoms with E-state index in [-0.39, 0.29) is 18.5 Å². The topological polar surface area (TPSA) is 95.9 Å². The number of allylic oxidation sites excluding steroid dienone is 5. The van der Waals surface area contributed by atoms with Crippen LogP contribution in [0.3, 0.4) is 0 Å². The number of amides is 1. The van der Waals surface area contributed by atoms with Gasteiger partial charge < -0.3 is 20.3 Å². The molecule has 0 aliphatic rings. The van der Waals surface area contributed by atoms with Crippen molar-refractivity contribution in [3.8, 4) is 0 Å². The zero-order chi connectivity index (χ0) is 39.4. The Morgan fingerprint density at radius 1 is 0.519 bits per heavy atom. The average Bonchev–Trinajstić information content (AvgIpc) is 3.17. The molecule has 0 aromatic carbocycles. The van der Waals surface area contributed by atoms with Crippen molar-refractivity contribution in [1.82, 2.24) is 5.32 Å². The Morgan fingerprint density at radius 3 is 1.46 bits per heavy atom. The van der Waals surface area contributed by atoms with E-state index < -0.39 is 12.1 Å². The molecule has 6 nitrogen and oxygen atoms in total. The van der Waals surface area contributed by atoms with Crippen LogP contribution in [0.2, 0.25) is 0 Å². The maximum Gasteiger partial charge on any atom is 0.305 e. The van der Waals surface area contributed by atoms with Gasteiger partial charge in [-0.2, -0.15) is 0 Å². The van der Waals surface area contributed by atoms with Gasteiger partial charge in [0.1, 0.15) is 0 Å². The van der Waals surface area contributed by atoms with Crippen LogP contribution in [0, 0.1) is 0 Å². The molecule has 0 fully saturated rings. The lowest BCUT2D eigenvalue weighted by atomic mass is 10.0. The zero-order valence-electron chi connectivity index (χ0n) is 35.7. The van der Waals surface area contributed by atoms with Gasteiger partial charge in [-0.25, -0.2) is 0 Å². The number of rotatable bonds is 42. The molecule has 0 aliphatic carbocycles. The molecule has 0 aromatic rings. The van der Waals surface area contributed by atoms with E-state index in [2.05, 4.69) is 43.5 Å². The van der Waals surface area contributed by atoms with Crippen LogP contribution >= 0.6 is 0 Å². The second-order valence-electron chi connectivity index (χ2n) is 15.7. The van der Waals surface area contributed by atoms with E-state index in [9.17, 15) is 19.8 Å². The fourth-order valence-electron chi connectivity index (χ4n) is 6.76. The monoisotopic (exact) mass is 760 g/mol. The minimum Gasteiger partial charge on any atom is -0.466 e. The molecule has 0 heterocycles. The first-order chi connectivity index (χ1) is 26.5. The van der Waals surface area contributed by atoms with Gasteiger partial charge in [-0.05, 0) is 57.8 Å². The first kappa shape index (κ1) is 52.1. The molecule has 0 aliphatic heterocycles. The van der Waals surface area contributed by atoms with Crippen LogP contribution in [0.25, 0.3) is 0 Å². The lowest BCUT2D eigenvalue weighted by Gasteiger charge is -2.20. The Hall–Kier alpha value is -1.92. The van der Waals surface area contributed by atoms with Crippen LogP contribution < -0.4 is 5.32 Å². The molecule has 0 radical (unpaired) electrons. The SMILES string of the molecule is CCCC/C=C\C/C=C\CCCCCCCC(=O)OCCCCCCCCCCCCCCCC(=O)NC(CO)C(O)/C=C/CCCCCCCCCC. The number of ether oxygens (including phenoxy) is 1. The third-order valence-corrected chi connectivity index (χ3v) is 10.4. The van der Waals surface area contributed by atoms with Gasteiger partial charge in [-0.1, -0.05) is 198 Å². The summed E-state index contributed by atoms with van der Waals surface area (Å²) in [5.74, 6) is -0.108. The van der Waals surface area contributed by atoms with Crippen LogP contribution in [0.15, 0.2) is 36.5 Å². The maximum atomic E-state index is 12.4. The quantitative estimate of drug-likeness (QED) is 0.0327. The summed E-state index contributed by atoms with van der Waals surface area (Å²) in [4.78, 5) is 24.3. The molecular weight excluding hydrogens is 671 g/mol. The number of aliphatic hydroxyl groups excluding tert-OH is 2. The van der Waals surface area contributed by atoms with Gasteiger partial charge >= 0.3 is 5.97 Å². The zero-order valence-corrected chi connectivity index (χ0v) is 35.7. The summed E-state index contributed by atoms with van der Waals surface area (Å²) in [5, 5.41) is 22.9. The van der Waals surface area contributed by atoms with E-state index in [0.717, 1.165) is 70.6 Å². The standard InChI is InChI=1S/C48H89NO5/c1-3-5-7-9-11-13-15-16-19-22-26-30-34-38-42-48(53)54-43-39-35-31-27-23-20-17-18-21-25-29-33-37-41-47(52)49-45(44-50)46(51)40-36-32-28-24-14-12-10-8-6-4-2/h9,11,15-16,36,40,45-46,50-51H,3-8,10,12-14,17-35,37-39,41-44H2,1-2H3,(H,49,52)/b11-9-,16-15-,40-36+. The van der Waals surface area contributed by atoms with Crippen LogP contribution in [0.1, 0.15) is 232 Å². The Kier molecular flexibility index (Phi) is 42.2. The number of hydrogen-bond acceptors (Lipinski definition) is 5. The Labute approximate surface area is 334 Å². The second kappa shape index (κ2) is 43.8. The van der Waals surface area contributed by atoms with E-state index >= 15 is 0 Å². The van der Waals surface area contributed by atoms with Crippen molar-refractivity contribution in [2.45, 2.75) is 244 Å². The van der Waals surface area contributed by atoms with Crippen LogP contribution in [0.5, 0.6) is 0 Å². The molecule has 0 saturated carbocycles. The van der Waals surface area contributed by atoms with Crippen LogP contribution in [0.4, 0.5) is 0 Å². The number of hydrogen-bond donors (Lipinski definition) is 3. The highest BCUT2D eigenvalue weighted by atomic mass is 16.5. The van der Waals surface area contributed by atoms with Gasteiger partial charge in [-0.3, -0.25) is 9.59 Å². The van der Waals surface area contributed by atoms with E-state index in [0.29, 0.717) is 19.4 Å². The lowest BCUT2D eigenvalue weighted by Crippen LogP contribution is -2.45. The summed E-state index contributed by atoms with van der Waals surface area (Å²) >= 11 is 0. The van der Waals surface area contributed by atoms with Crippen molar-refractivity contribution < 1.29 is 24.5 Å². The largest absolute Gasteiger partial charge is 0.466 e. The third-order valence-electron chi connectivity index (χ3n) is 10.4. The molecule has 3 N–H and O–H groups in total. The van der Waals surface area contributed by atoms with Crippen LogP contribution in [-0.2, 0) is 14.3 Å². The average molecular weight is 760 g/mol. The van der Waals surface area contributed by atoms with E-state index in [1.54, 1.807) is 6.08 Å². The predicted octanol–water partition coefficient (Wildman–Crippen LogP) is 13.3. The van der Waals surface area contributed by atoms with Crippen molar-refractivity contribution in [2.24, 2.45) is 0 Å². The van der Waals surface area contributed by atoms with Crippen molar-refractivity contribution in [3.63, 3.8) is 0 Å². The van der Waals surface area contributed by atoms with E-state index in [1.807, 2.05) is 6.08 Å². The fraction of sp³-hybridized carbons (Fsp3) is 0.833. The van der Waals surface area contributed by atoms with Crippen molar-refractivity contribution in [1.29, 1.82) is 0 Å². The van der Waals surface area contributed by atoms with Gasteiger partial charge in [0.15, 0.2) is 0 Å². The number of esters is 1. The highest BCUT2D eigenvalue weighted by Crippen LogP contribution is 2.14. The first-order valence-corrected chi connectivity index (χ1v) is 23.3. The van der Waals surface area contributed by atoms with Gasteiger partial charge in [0.05, 0.1) is 25.4 Å². The van der Waals surface area contributed by atoms with Gasteiger partial charge in [0, 0.05) is 12.8 Å². The summed E-state index contributed by atoms with van der Waals surface area (Å²) in [6, 6.07) is -0.636. The molecule has 0 saturated heterocycles. The number of aliphatic hydroxyl groups is 2. The molecule has 2 unspecified atom stereocenters. The molecular formula is C48H89NO5. The van der Waals surface area contributed by atoms with E-state index in [4.69, 9.17) is 4.74 Å². The molecule has 54 heavy (non-hydrogen) atoms. The normalized spacial score (nSPS) is 13.0.